The second-order valence-corrected chi connectivity index (χ2v) is 5.71. The number of sulfone groups is 1. The fourth-order valence-corrected chi connectivity index (χ4v) is 1.98. The van der Waals surface area contributed by atoms with Crippen LogP contribution in [-0.2, 0) is 9.84 Å². The summed E-state index contributed by atoms with van der Waals surface area (Å²) in [5.41, 5.74) is 1.89. The lowest BCUT2D eigenvalue weighted by molar-refractivity contribution is 0.597. The van der Waals surface area contributed by atoms with Crippen LogP contribution in [-0.4, -0.2) is 19.7 Å². The van der Waals surface area contributed by atoms with E-state index < -0.39 is 9.84 Å². The highest BCUT2D eigenvalue weighted by atomic mass is 32.2. The number of rotatable bonds is 2. The average molecular weight is 213 g/mol. The van der Waals surface area contributed by atoms with Gasteiger partial charge in [-0.1, -0.05) is 19.9 Å². The number of aryl methyl sites for hydroxylation is 1. The van der Waals surface area contributed by atoms with E-state index in [0.717, 1.165) is 11.3 Å². The molecule has 0 amide bonds. The van der Waals surface area contributed by atoms with Gasteiger partial charge in [0.25, 0.3) is 0 Å². The van der Waals surface area contributed by atoms with Crippen LogP contribution in [0.15, 0.2) is 17.2 Å². The lowest BCUT2D eigenvalue weighted by Gasteiger charge is -2.09. The number of aromatic nitrogens is 1. The van der Waals surface area contributed by atoms with Crippen LogP contribution in [0.25, 0.3) is 0 Å². The molecule has 0 unspecified atom stereocenters. The molecule has 0 spiro atoms. The highest BCUT2D eigenvalue weighted by Crippen LogP contribution is 2.18. The lowest BCUT2D eigenvalue weighted by atomic mass is 10.0. The van der Waals surface area contributed by atoms with Crippen molar-refractivity contribution in [1.29, 1.82) is 0 Å². The second kappa shape index (κ2) is 3.69. The quantitative estimate of drug-likeness (QED) is 0.754. The summed E-state index contributed by atoms with van der Waals surface area (Å²) in [6.07, 6.45) is 1.17. The minimum Gasteiger partial charge on any atom is -0.241 e. The molecular formula is C10H15NO2S. The molecule has 0 radical (unpaired) electrons. The van der Waals surface area contributed by atoms with Gasteiger partial charge in [0.2, 0.25) is 0 Å². The largest absolute Gasteiger partial charge is 0.241 e. The van der Waals surface area contributed by atoms with Gasteiger partial charge in [-0.2, -0.15) is 0 Å². The molecule has 0 bridgehead atoms. The minimum atomic E-state index is -3.18. The summed E-state index contributed by atoms with van der Waals surface area (Å²) in [5.74, 6) is 0.371. The molecule has 1 heterocycles. The van der Waals surface area contributed by atoms with E-state index >= 15 is 0 Å². The molecule has 0 aliphatic rings. The third-order valence-electron chi connectivity index (χ3n) is 2.10. The van der Waals surface area contributed by atoms with Gasteiger partial charge >= 0.3 is 0 Å². The first-order chi connectivity index (χ1) is 6.32. The molecule has 0 saturated carbocycles. The fourth-order valence-electron chi connectivity index (χ4n) is 1.37. The topological polar surface area (TPSA) is 47.0 Å². The molecule has 0 fully saturated rings. The van der Waals surface area contributed by atoms with E-state index in [2.05, 4.69) is 18.8 Å². The van der Waals surface area contributed by atoms with Crippen LogP contribution in [0.1, 0.15) is 31.0 Å². The molecule has 1 aromatic heterocycles. The van der Waals surface area contributed by atoms with Crippen LogP contribution in [0.2, 0.25) is 0 Å². The van der Waals surface area contributed by atoms with Crippen molar-refractivity contribution in [3.8, 4) is 0 Å². The maximum atomic E-state index is 11.2. The van der Waals surface area contributed by atoms with Crippen molar-refractivity contribution in [3.63, 3.8) is 0 Å². The maximum absolute atomic E-state index is 11.2. The Bertz CT molecular complexity index is 435. The normalized spacial score (nSPS) is 12.1. The first-order valence-corrected chi connectivity index (χ1v) is 6.39. The van der Waals surface area contributed by atoms with Gasteiger partial charge in [-0.05, 0) is 24.5 Å². The molecule has 0 saturated heterocycles. The zero-order valence-electron chi connectivity index (χ0n) is 8.90. The summed E-state index contributed by atoms with van der Waals surface area (Å²) in [6.45, 7) is 5.96. The zero-order valence-corrected chi connectivity index (χ0v) is 9.72. The zero-order chi connectivity index (χ0) is 10.9. The van der Waals surface area contributed by atoms with Gasteiger partial charge in [0.1, 0.15) is 0 Å². The molecule has 1 rings (SSSR count). The van der Waals surface area contributed by atoms with E-state index in [9.17, 15) is 8.42 Å². The maximum Gasteiger partial charge on any atom is 0.192 e. The van der Waals surface area contributed by atoms with Crippen LogP contribution in [0.5, 0.6) is 0 Å². The van der Waals surface area contributed by atoms with Crippen molar-refractivity contribution < 1.29 is 8.42 Å². The van der Waals surface area contributed by atoms with Crippen LogP contribution in [0, 0.1) is 6.92 Å². The summed E-state index contributed by atoms with van der Waals surface area (Å²) in [5, 5.41) is 0.152. The van der Waals surface area contributed by atoms with Crippen molar-refractivity contribution in [2.45, 2.75) is 31.7 Å². The van der Waals surface area contributed by atoms with Crippen molar-refractivity contribution in [2.75, 3.05) is 6.26 Å². The first-order valence-electron chi connectivity index (χ1n) is 4.50. The van der Waals surface area contributed by atoms with E-state index in [1.54, 1.807) is 6.07 Å². The Balaban J connectivity index is 3.27. The number of pyridine rings is 1. The molecule has 0 aliphatic carbocycles. The Labute approximate surface area is 85.1 Å². The predicted octanol–water partition coefficient (Wildman–Crippen LogP) is 1.92. The minimum absolute atomic E-state index is 0.152. The summed E-state index contributed by atoms with van der Waals surface area (Å²) in [4.78, 5) is 4.08. The fraction of sp³-hybridized carbons (Fsp3) is 0.500. The predicted molar refractivity (Wildman–Crippen MR) is 56.2 cm³/mol. The highest BCUT2D eigenvalue weighted by Gasteiger charge is 2.11. The van der Waals surface area contributed by atoms with Gasteiger partial charge in [-0.15, -0.1) is 0 Å². The van der Waals surface area contributed by atoms with Gasteiger partial charge in [-0.3, -0.25) is 0 Å². The Kier molecular flexibility index (Phi) is 2.95. The van der Waals surface area contributed by atoms with Crippen molar-refractivity contribution in [2.24, 2.45) is 0 Å². The van der Waals surface area contributed by atoms with Gasteiger partial charge in [0.05, 0.1) is 0 Å². The molecule has 3 nitrogen and oxygen atoms in total. The van der Waals surface area contributed by atoms with Gasteiger partial charge in [0.15, 0.2) is 14.9 Å². The van der Waals surface area contributed by atoms with Crippen molar-refractivity contribution >= 4 is 9.84 Å². The summed E-state index contributed by atoms with van der Waals surface area (Å²) in [6, 6.07) is 3.40. The first kappa shape index (κ1) is 11.2. The standard InChI is InChI=1S/C10H15NO2S/c1-7(2)9-5-6-10(11-8(9)3)14(4,12)13/h5-7H,1-4H3. The van der Waals surface area contributed by atoms with E-state index in [4.69, 9.17) is 0 Å². The molecule has 0 N–H and O–H groups in total. The Morgan fingerprint density at radius 2 is 1.86 bits per heavy atom. The van der Waals surface area contributed by atoms with Crippen LogP contribution >= 0.6 is 0 Å². The van der Waals surface area contributed by atoms with E-state index in [1.165, 1.54) is 6.26 Å². The third-order valence-corrected chi connectivity index (χ3v) is 3.09. The molecule has 0 aliphatic heterocycles. The molecule has 4 heteroatoms. The van der Waals surface area contributed by atoms with Crippen molar-refractivity contribution in [3.05, 3.63) is 23.4 Å². The Morgan fingerprint density at radius 1 is 1.29 bits per heavy atom. The second-order valence-electron chi connectivity index (χ2n) is 3.75. The van der Waals surface area contributed by atoms with Gasteiger partial charge < -0.3 is 0 Å². The molecular weight excluding hydrogens is 198 g/mol. The van der Waals surface area contributed by atoms with Crippen LogP contribution < -0.4 is 0 Å². The third kappa shape index (κ3) is 2.32. The lowest BCUT2D eigenvalue weighted by Crippen LogP contribution is -2.04. The summed E-state index contributed by atoms with van der Waals surface area (Å²) >= 11 is 0. The molecule has 0 atom stereocenters. The SMILES string of the molecule is Cc1nc(S(C)(=O)=O)ccc1C(C)C. The molecule has 78 valence electrons. The number of hydrogen-bond donors (Lipinski definition) is 0. The highest BCUT2D eigenvalue weighted by molar-refractivity contribution is 7.90. The molecule has 1 aromatic rings. The smallest absolute Gasteiger partial charge is 0.192 e. The number of hydrogen-bond acceptors (Lipinski definition) is 3. The van der Waals surface area contributed by atoms with E-state index in [1.807, 2.05) is 13.0 Å². The van der Waals surface area contributed by atoms with E-state index in [-0.39, 0.29) is 5.03 Å². The summed E-state index contributed by atoms with van der Waals surface area (Å²) in [7, 11) is -3.18. The van der Waals surface area contributed by atoms with E-state index in [0.29, 0.717) is 5.92 Å². The van der Waals surface area contributed by atoms with Crippen molar-refractivity contribution in [1.82, 2.24) is 4.98 Å². The van der Waals surface area contributed by atoms with Crippen LogP contribution in [0.3, 0.4) is 0 Å². The molecule has 14 heavy (non-hydrogen) atoms. The number of nitrogens with zero attached hydrogens (tertiary/aromatic N) is 1. The monoisotopic (exact) mass is 213 g/mol. The Morgan fingerprint density at radius 3 is 2.21 bits per heavy atom. The average Bonchev–Trinajstić information content (AvgIpc) is 2.01. The van der Waals surface area contributed by atoms with Gasteiger partial charge in [-0.25, -0.2) is 13.4 Å². The van der Waals surface area contributed by atoms with Gasteiger partial charge in [0, 0.05) is 11.9 Å². The van der Waals surface area contributed by atoms with Crippen LogP contribution in [0.4, 0.5) is 0 Å². The Hall–Kier alpha value is -0.900. The molecule has 0 aromatic carbocycles. The summed E-state index contributed by atoms with van der Waals surface area (Å²) < 4.78 is 22.4.